The first-order valence-electron chi connectivity index (χ1n) is 7.39. The molecular formula is C16H23F2NO2. The Balaban J connectivity index is 2.43. The second-order valence-corrected chi connectivity index (χ2v) is 5.43. The van der Waals surface area contributed by atoms with Gasteiger partial charge in [-0.15, -0.1) is 0 Å². The molecule has 1 aliphatic rings. The Morgan fingerprint density at radius 3 is 2.52 bits per heavy atom. The summed E-state index contributed by atoms with van der Waals surface area (Å²) in [6.45, 7) is 5.12. The zero-order chi connectivity index (χ0) is 15.5. The number of nitrogens with one attached hydrogen (secondary N) is 1. The number of likely N-dealkylation sites (N-methyl/N-ethyl adjacent to an activating group) is 1. The van der Waals surface area contributed by atoms with Crippen LogP contribution in [0.25, 0.3) is 0 Å². The first kappa shape index (κ1) is 16.3. The molecule has 1 fully saturated rings. The average molecular weight is 299 g/mol. The van der Waals surface area contributed by atoms with E-state index in [1.807, 2.05) is 6.92 Å². The molecule has 0 aliphatic carbocycles. The quantitative estimate of drug-likeness (QED) is 0.906. The summed E-state index contributed by atoms with van der Waals surface area (Å²) >= 11 is 0. The maximum atomic E-state index is 14.4. The van der Waals surface area contributed by atoms with E-state index in [4.69, 9.17) is 9.47 Å². The predicted octanol–water partition coefficient (Wildman–Crippen LogP) is 3.12. The number of hydrogen-bond acceptors (Lipinski definition) is 3. The molecule has 1 aromatic carbocycles. The molecule has 1 saturated heterocycles. The highest BCUT2D eigenvalue weighted by molar-refractivity contribution is 5.30. The molecule has 0 amide bonds. The highest BCUT2D eigenvalue weighted by Gasteiger charge is 2.42. The molecule has 5 heteroatoms. The smallest absolute Gasteiger partial charge is 0.163 e. The van der Waals surface area contributed by atoms with Gasteiger partial charge in [-0.1, -0.05) is 12.1 Å². The molecule has 1 heterocycles. The van der Waals surface area contributed by atoms with E-state index >= 15 is 0 Å². The third-order valence-corrected chi connectivity index (χ3v) is 4.20. The first-order chi connectivity index (χ1) is 10.1. The average Bonchev–Trinajstić information content (AvgIpc) is 2.49. The van der Waals surface area contributed by atoms with Gasteiger partial charge in [0.15, 0.2) is 11.6 Å². The van der Waals surface area contributed by atoms with E-state index in [1.54, 1.807) is 26.1 Å². The van der Waals surface area contributed by atoms with E-state index in [1.165, 1.54) is 0 Å². The standard InChI is InChI=1S/C16H23F2NO2/c1-4-21-16(7-9-20-10-8-16)15(19-3)12-6-5-11(2)13(17)14(12)18/h5-6,15,19H,4,7-10H2,1-3H3. The Labute approximate surface area is 124 Å². The molecule has 0 aromatic heterocycles. The number of halogens is 2. The van der Waals surface area contributed by atoms with Crippen molar-refractivity contribution in [3.63, 3.8) is 0 Å². The maximum absolute atomic E-state index is 14.4. The van der Waals surface area contributed by atoms with Crippen LogP contribution in [0.15, 0.2) is 12.1 Å². The third-order valence-electron chi connectivity index (χ3n) is 4.20. The maximum Gasteiger partial charge on any atom is 0.163 e. The molecule has 1 N–H and O–H groups in total. The van der Waals surface area contributed by atoms with Crippen molar-refractivity contribution < 1.29 is 18.3 Å². The third kappa shape index (κ3) is 3.10. The van der Waals surface area contributed by atoms with Gasteiger partial charge in [0.2, 0.25) is 0 Å². The van der Waals surface area contributed by atoms with Gasteiger partial charge >= 0.3 is 0 Å². The van der Waals surface area contributed by atoms with Gasteiger partial charge in [-0.3, -0.25) is 0 Å². The Hall–Kier alpha value is -1.04. The van der Waals surface area contributed by atoms with Gasteiger partial charge in [-0.2, -0.15) is 0 Å². The summed E-state index contributed by atoms with van der Waals surface area (Å²) in [5.41, 5.74) is 0.0593. The van der Waals surface area contributed by atoms with Crippen molar-refractivity contribution in [1.82, 2.24) is 5.32 Å². The minimum Gasteiger partial charge on any atom is -0.381 e. The van der Waals surface area contributed by atoms with Crippen LogP contribution in [0.2, 0.25) is 0 Å². The lowest BCUT2D eigenvalue weighted by atomic mass is 9.81. The SMILES string of the molecule is CCOC1(C(NC)c2ccc(C)c(F)c2F)CCOCC1. The van der Waals surface area contributed by atoms with Crippen molar-refractivity contribution in [3.05, 3.63) is 34.9 Å². The van der Waals surface area contributed by atoms with Crippen LogP contribution < -0.4 is 5.32 Å². The minimum absolute atomic E-state index is 0.309. The Kier molecular flexibility index (Phi) is 5.30. The molecule has 118 valence electrons. The van der Waals surface area contributed by atoms with Crippen molar-refractivity contribution in [2.45, 2.75) is 38.3 Å². The molecule has 2 rings (SSSR count). The van der Waals surface area contributed by atoms with Crippen molar-refractivity contribution in [2.75, 3.05) is 26.9 Å². The fourth-order valence-electron chi connectivity index (χ4n) is 3.11. The van der Waals surface area contributed by atoms with Crippen LogP contribution in [-0.2, 0) is 9.47 Å². The highest BCUT2D eigenvalue weighted by atomic mass is 19.2. The van der Waals surface area contributed by atoms with E-state index in [0.29, 0.717) is 43.8 Å². The molecule has 1 atom stereocenters. The fraction of sp³-hybridized carbons (Fsp3) is 0.625. The number of rotatable bonds is 5. The van der Waals surface area contributed by atoms with Crippen LogP contribution in [0.4, 0.5) is 8.78 Å². The van der Waals surface area contributed by atoms with E-state index in [2.05, 4.69) is 5.32 Å². The van der Waals surface area contributed by atoms with Gasteiger partial charge in [0.05, 0.1) is 11.6 Å². The molecule has 21 heavy (non-hydrogen) atoms. The van der Waals surface area contributed by atoms with Crippen molar-refractivity contribution in [1.29, 1.82) is 0 Å². The second-order valence-electron chi connectivity index (χ2n) is 5.43. The Morgan fingerprint density at radius 2 is 1.95 bits per heavy atom. The van der Waals surface area contributed by atoms with Gasteiger partial charge in [-0.05, 0) is 26.5 Å². The van der Waals surface area contributed by atoms with Crippen LogP contribution >= 0.6 is 0 Å². The van der Waals surface area contributed by atoms with Crippen LogP contribution in [-0.4, -0.2) is 32.5 Å². The summed E-state index contributed by atoms with van der Waals surface area (Å²) in [6.07, 6.45) is 1.31. The van der Waals surface area contributed by atoms with Gasteiger partial charge in [0.25, 0.3) is 0 Å². The lowest BCUT2D eigenvalue weighted by Gasteiger charge is -2.43. The van der Waals surface area contributed by atoms with Gasteiger partial charge in [0.1, 0.15) is 0 Å². The molecule has 0 saturated carbocycles. The van der Waals surface area contributed by atoms with Crippen molar-refractivity contribution in [3.8, 4) is 0 Å². The number of ether oxygens (including phenoxy) is 2. The molecule has 0 spiro atoms. The summed E-state index contributed by atoms with van der Waals surface area (Å²) < 4.78 is 39.6. The molecule has 0 radical (unpaired) electrons. The van der Waals surface area contributed by atoms with Crippen LogP contribution in [0.1, 0.15) is 36.9 Å². The normalized spacial score (nSPS) is 19.5. The molecule has 0 bridgehead atoms. The van der Waals surface area contributed by atoms with Crippen LogP contribution in [0, 0.1) is 18.6 Å². The summed E-state index contributed by atoms with van der Waals surface area (Å²) in [4.78, 5) is 0. The molecular weight excluding hydrogens is 276 g/mol. The topological polar surface area (TPSA) is 30.5 Å². The second kappa shape index (κ2) is 6.81. The van der Waals surface area contributed by atoms with E-state index in [9.17, 15) is 8.78 Å². The Bertz CT molecular complexity index is 482. The zero-order valence-corrected chi connectivity index (χ0v) is 12.8. The Morgan fingerprint density at radius 1 is 1.29 bits per heavy atom. The van der Waals surface area contributed by atoms with E-state index in [0.717, 1.165) is 0 Å². The lowest BCUT2D eigenvalue weighted by molar-refractivity contribution is -0.127. The summed E-state index contributed by atoms with van der Waals surface area (Å²) in [6, 6.07) is 2.85. The van der Waals surface area contributed by atoms with Gasteiger partial charge < -0.3 is 14.8 Å². The van der Waals surface area contributed by atoms with Gasteiger partial charge in [-0.25, -0.2) is 8.78 Å². The van der Waals surface area contributed by atoms with E-state index in [-0.39, 0.29) is 0 Å². The summed E-state index contributed by atoms with van der Waals surface area (Å²) in [5.74, 6) is -1.58. The number of hydrogen-bond donors (Lipinski definition) is 1. The molecule has 3 nitrogen and oxygen atoms in total. The molecule has 1 unspecified atom stereocenters. The predicted molar refractivity (Wildman–Crippen MR) is 77.3 cm³/mol. The van der Waals surface area contributed by atoms with Crippen LogP contribution in [0.3, 0.4) is 0 Å². The first-order valence-corrected chi connectivity index (χ1v) is 7.39. The van der Waals surface area contributed by atoms with Gasteiger partial charge in [0, 0.05) is 38.2 Å². The fourth-order valence-corrected chi connectivity index (χ4v) is 3.11. The minimum atomic E-state index is -0.792. The highest BCUT2D eigenvalue weighted by Crippen LogP contribution is 2.39. The largest absolute Gasteiger partial charge is 0.381 e. The lowest BCUT2D eigenvalue weighted by Crippen LogP contribution is -2.49. The zero-order valence-electron chi connectivity index (χ0n) is 12.8. The number of aryl methyl sites for hydroxylation is 1. The monoisotopic (exact) mass is 299 g/mol. The van der Waals surface area contributed by atoms with Crippen molar-refractivity contribution in [2.24, 2.45) is 0 Å². The summed E-state index contributed by atoms with van der Waals surface area (Å²) in [5, 5.41) is 3.11. The summed E-state index contributed by atoms with van der Waals surface area (Å²) in [7, 11) is 1.75. The molecule has 1 aromatic rings. The number of benzene rings is 1. The van der Waals surface area contributed by atoms with Crippen LogP contribution in [0.5, 0.6) is 0 Å². The van der Waals surface area contributed by atoms with Crippen molar-refractivity contribution >= 4 is 0 Å². The van der Waals surface area contributed by atoms with E-state index < -0.39 is 23.3 Å². The molecule has 1 aliphatic heterocycles.